The Labute approximate surface area is 98.5 Å². The molecule has 2 N–H and O–H groups in total. The summed E-state index contributed by atoms with van der Waals surface area (Å²) in [6, 6.07) is 0. The van der Waals surface area contributed by atoms with Crippen molar-refractivity contribution in [3.63, 3.8) is 0 Å². The van der Waals surface area contributed by atoms with Crippen molar-refractivity contribution in [1.82, 2.24) is 0 Å². The summed E-state index contributed by atoms with van der Waals surface area (Å²) >= 11 is 0. The van der Waals surface area contributed by atoms with Gasteiger partial charge in [-0.05, 0) is 12.8 Å². The molecule has 0 bridgehead atoms. The number of nitrogens with two attached hydrogens (primary N) is 1. The zero-order valence-electron chi connectivity index (χ0n) is 10.5. The molecule has 0 aromatic carbocycles. The highest BCUT2D eigenvalue weighted by Gasteiger charge is 2.13. The maximum atomic E-state index is 11.6. The van der Waals surface area contributed by atoms with Crippen LogP contribution in [0.5, 0.6) is 0 Å². The average Bonchev–Trinajstić information content (AvgIpc) is 2.29. The third-order valence-electron chi connectivity index (χ3n) is 2.57. The van der Waals surface area contributed by atoms with Crippen LogP contribution in [0.3, 0.4) is 0 Å². The Balaban J connectivity index is 3.33. The van der Waals surface area contributed by atoms with Gasteiger partial charge in [-0.15, -0.1) is 0 Å². The molecule has 0 radical (unpaired) electrons. The number of hydrogen-bond acceptors (Lipinski definition) is 4. The van der Waals surface area contributed by atoms with Gasteiger partial charge in [0.15, 0.2) is 0 Å². The average molecular weight is 231 g/mol. The lowest BCUT2D eigenvalue weighted by atomic mass is 9.96. The molecule has 4 nitrogen and oxygen atoms in total. The van der Waals surface area contributed by atoms with Gasteiger partial charge < -0.3 is 15.2 Å². The SMILES string of the molecule is CCC(CC)C(=O)CCOCCOCCN. The molecule has 4 heteroatoms. The van der Waals surface area contributed by atoms with Crippen molar-refractivity contribution in [1.29, 1.82) is 0 Å². The van der Waals surface area contributed by atoms with E-state index in [1.165, 1.54) is 0 Å². The topological polar surface area (TPSA) is 61.5 Å². The molecule has 0 aliphatic heterocycles. The molecule has 0 saturated heterocycles. The first kappa shape index (κ1) is 15.6. The van der Waals surface area contributed by atoms with Gasteiger partial charge >= 0.3 is 0 Å². The molecule has 0 atom stereocenters. The monoisotopic (exact) mass is 231 g/mol. The van der Waals surface area contributed by atoms with Gasteiger partial charge in [0.2, 0.25) is 0 Å². The molecule has 0 fully saturated rings. The second-order valence-corrected chi connectivity index (χ2v) is 3.74. The fraction of sp³-hybridized carbons (Fsp3) is 0.917. The molecule has 0 aliphatic rings. The van der Waals surface area contributed by atoms with Gasteiger partial charge in [0, 0.05) is 18.9 Å². The molecule has 0 rings (SSSR count). The molecule has 0 amide bonds. The largest absolute Gasteiger partial charge is 0.379 e. The Morgan fingerprint density at radius 3 is 2.12 bits per heavy atom. The summed E-state index contributed by atoms with van der Waals surface area (Å²) in [5, 5.41) is 0. The van der Waals surface area contributed by atoms with Crippen LogP contribution in [0.2, 0.25) is 0 Å². The summed E-state index contributed by atoms with van der Waals surface area (Å²) < 4.78 is 10.4. The van der Waals surface area contributed by atoms with E-state index in [1.807, 2.05) is 13.8 Å². The number of rotatable bonds is 11. The molecule has 96 valence electrons. The maximum Gasteiger partial charge on any atom is 0.138 e. The van der Waals surface area contributed by atoms with Crippen molar-refractivity contribution < 1.29 is 14.3 Å². The van der Waals surface area contributed by atoms with E-state index in [9.17, 15) is 4.79 Å². The molecule has 0 aromatic heterocycles. The number of carbonyl (C=O) groups is 1. The van der Waals surface area contributed by atoms with Crippen LogP contribution in [0.15, 0.2) is 0 Å². The van der Waals surface area contributed by atoms with Crippen molar-refractivity contribution in [2.75, 3.05) is 33.0 Å². The summed E-state index contributed by atoms with van der Waals surface area (Å²) in [5.74, 6) is 0.518. The summed E-state index contributed by atoms with van der Waals surface area (Å²) in [7, 11) is 0. The Morgan fingerprint density at radius 1 is 1.06 bits per heavy atom. The van der Waals surface area contributed by atoms with E-state index in [-0.39, 0.29) is 5.92 Å². The summed E-state index contributed by atoms with van der Waals surface area (Å²) in [6.07, 6.45) is 2.37. The van der Waals surface area contributed by atoms with Gasteiger partial charge in [-0.25, -0.2) is 0 Å². The molecular weight excluding hydrogens is 206 g/mol. The molecule has 0 aliphatic carbocycles. The van der Waals surface area contributed by atoms with Crippen LogP contribution in [-0.2, 0) is 14.3 Å². The Hall–Kier alpha value is -0.450. The van der Waals surface area contributed by atoms with E-state index >= 15 is 0 Å². The summed E-state index contributed by atoms with van der Waals surface area (Å²) in [4.78, 5) is 11.6. The summed E-state index contributed by atoms with van der Waals surface area (Å²) in [5.41, 5.74) is 5.26. The number of Topliss-reactive ketones (excluding diaryl/α,β-unsaturated/α-hetero) is 1. The van der Waals surface area contributed by atoms with Gasteiger partial charge in [0.25, 0.3) is 0 Å². The second kappa shape index (κ2) is 11.0. The third-order valence-corrected chi connectivity index (χ3v) is 2.57. The summed E-state index contributed by atoms with van der Waals surface area (Å²) in [6.45, 7) is 6.79. The minimum Gasteiger partial charge on any atom is -0.379 e. The van der Waals surface area contributed by atoms with Crippen LogP contribution in [0.25, 0.3) is 0 Å². The van der Waals surface area contributed by atoms with Crippen LogP contribution in [0.1, 0.15) is 33.1 Å². The van der Waals surface area contributed by atoms with Crippen LogP contribution in [0.4, 0.5) is 0 Å². The fourth-order valence-electron chi connectivity index (χ4n) is 1.53. The minimum atomic E-state index is 0.206. The highest BCUT2D eigenvalue weighted by atomic mass is 16.5. The van der Waals surface area contributed by atoms with Gasteiger partial charge in [-0.1, -0.05) is 13.8 Å². The molecular formula is C12H25NO3. The molecule has 0 spiro atoms. The number of carbonyl (C=O) groups excluding carboxylic acids is 1. The van der Waals surface area contributed by atoms with Crippen molar-refractivity contribution in [3.05, 3.63) is 0 Å². The minimum absolute atomic E-state index is 0.206. The van der Waals surface area contributed by atoms with Crippen molar-refractivity contribution in [2.24, 2.45) is 11.7 Å². The van der Waals surface area contributed by atoms with E-state index in [0.29, 0.717) is 45.2 Å². The Bertz CT molecular complexity index is 170. The van der Waals surface area contributed by atoms with E-state index < -0.39 is 0 Å². The normalized spacial score (nSPS) is 11.0. The van der Waals surface area contributed by atoms with Crippen LogP contribution >= 0.6 is 0 Å². The highest BCUT2D eigenvalue weighted by molar-refractivity contribution is 5.80. The lowest BCUT2D eigenvalue weighted by Gasteiger charge is -2.10. The van der Waals surface area contributed by atoms with E-state index in [4.69, 9.17) is 15.2 Å². The van der Waals surface area contributed by atoms with Crippen LogP contribution < -0.4 is 5.73 Å². The van der Waals surface area contributed by atoms with Crippen LogP contribution in [-0.4, -0.2) is 38.8 Å². The van der Waals surface area contributed by atoms with Gasteiger partial charge in [-0.3, -0.25) is 4.79 Å². The predicted molar refractivity (Wildman–Crippen MR) is 64.4 cm³/mol. The van der Waals surface area contributed by atoms with Gasteiger partial charge in [-0.2, -0.15) is 0 Å². The maximum absolute atomic E-state index is 11.6. The van der Waals surface area contributed by atoms with Crippen molar-refractivity contribution in [3.8, 4) is 0 Å². The molecule has 16 heavy (non-hydrogen) atoms. The first-order valence-corrected chi connectivity index (χ1v) is 6.14. The van der Waals surface area contributed by atoms with E-state index in [0.717, 1.165) is 12.8 Å². The Morgan fingerprint density at radius 2 is 1.62 bits per heavy atom. The zero-order chi connectivity index (χ0) is 12.2. The number of ether oxygens (including phenoxy) is 2. The standard InChI is InChI=1S/C12H25NO3/c1-3-11(4-2)12(14)5-7-15-9-10-16-8-6-13/h11H,3-10,13H2,1-2H3. The second-order valence-electron chi connectivity index (χ2n) is 3.74. The first-order chi connectivity index (χ1) is 7.76. The van der Waals surface area contributed by atoms with Crippen molar-refractivity contribution >= 4 is 5.78 Å². The molecule has 0 aromatic rings. The van der Waals surface area contributed by atoms with E-state index in [1.54, 1.807) is 0 Å². The number of ketones is 1. The predicted octanol–water partition coefficient (Wildman–Crippen LogP) is 1.37. The van der Waals surface area contributed by atoms with Crippen molar-refractivity contribution in [2.45, 2.75) is 33.1 Å². The lowest BCUT2D eigenvalue weighted by molar-refractivity contribution is -0.124. The molecule has 0 saturated carbocycles. The molecule has 0 unspecified atom stereocenters. The quantitative estimate of drug-likeness (QED) is 0.546. The van der Waals surface area contributed by atoms with Crippen LogP contribution in [0, 0.1) is 5.92 Å². The number of hydrogen-bond donors (Lipinski definition) is 1. The zero-order valence-corrected chi connectivity index (χ0v) is 10.5. The first-order valence-electron chi connectivity index (χ1n) is 6.14. The Kier molecular flexibility index (Phi) is 10.7. The van der Waals surface area contributed by atoms with Gasteiger partial charge in [0.1, 0.15) is 5.78 Å². The lowest BCUT2D eigenvalue weighted by Crippen LogP contribution is -2.16. The fourth-order valence-corrected chi connectivity index (χ4v) is 1.53. The molecule has 0 heterocycles. The smallest absolute Gasteiger partial charge is 0.138 e. The third kappa shape index (κ3) is 7.79. The highest BCUT2D eigenvalue weighted by Crippen LogP contribution is 2.10. The van der Waals surface area contributed by atoms with Gasteiger partial charge in [0.05, 0.1) is 26.4 Å². The van der Waals surface area contributed by atoms with E-state index in [2.05, 4.69) is 0 Å².